The highest BCUT2D eigenvalue weighted by Gasteiger charge is 2.33. The third kappa shape index (κ3) is 5.23. The van der Waals surface area contributed by atoms with E-state index in [1.54, 1.807) is 0 Å². The monoisotopic (exact) mass is 405 g/mol. The summed E-state index contributed by atoms with van der Waals surface area (Å²) in [5, 5.41) is 6.87. The third-order valence-corrected chi connectivity index (χ3v) is 5.69. The zero-order valence-corrected chi connectivity index (χ0v) is 16.6. The molecule has 2 fully saturated rings. The second-order valence-electron chi connectivity index (χ2n) is 8.25. The van der Waals surface area contributed by atoms with Crippen molar-refractivity contribution in [3.63, 3.8) is 0 Å². The van der Waals surface area contributed by atoms with E-state index in [0.717, 1.165) is 11.8 Å². The van der Waals surface area contributed by atoms with Gasteiger partial charge in [-0.3, -0.25) is 0 Å². The van der Waals surface area contributed by atoms with Gasteiger partial charge in [-0.05, 0) is 63.5 Å². The topological polar surface area (TPSA) is 62.7 Å². The van der Waals surface area contributed by atoms with Gasteiger partial charge < -0.3 is 10.6 Å². The number of pyridine rings is 1. The smallest absolute Gasteiger partial charge is 0.367 e. The van der Waals surface area contributed by atoms with Crippen molar-refractivity contribution in [3.05, 3.63) is 35.7 Å². The number of alkyl halides is 3. The van der Waals surface area contributed by atoms with Crippen LogP contribution in [0.15, 0.2) is 24.3 Å². The van der Waals surface area contributed by atoms with Gasteiger partial charge in [0.05, 0.1) is 5.69 Å². The van der Waals surface area contributed by atoms with Crippen molar-refractivity contribution in [1.29, 1.82) is 0 Å². The van der Waals surface area contributed by atoms with E-state index in [-0.39, 0.29) is 17.6 Å². The molecule has 2 saturated carbocycles. The molecule has 2 aliphatic carbocycles. The summed E-state index contributed by atoms with van der Waals surface area (Å²) in [6.45, 7) is 4.80. The molecule has 2 aliphatic rings. The zero-order valence-electron chi connectivity index (χ0n) is 16.6. The minimum absolute atomic E-state index is 0.124. The van der Waals surface area contributed by atoms with E-state index in [1.807, 2.05) is 6.07 Å². The van der Waals surface area contributed by atoms with Crippen LogP contribution in [0.5, 0.6) is 0 Å². The molecule has 0 radical (unpaired) electrons. The van der Waals surface area contributed by atoms with Gasteiger partial charge >= 0.3 is 6.18 Å². The average Bonchev–Trinajstić information content (AvgIpc) is 3.57. The molecule has 29 heavy (non-hydrogen) atoms. The Bertz CT molecular complexity index is 862. The highest BCUT2D eigenvalue weighted by Crippen LogP contribution is 2.34. The van der Waals surface area contributed by atoms with Crippen LogP contribution in [0.4, 0.5) is 19.0 Å². The van der Waals surface area contributed by atoms with Gasteiger partial charge in [0.1, 0.15) is 17.2 Å². The standard InChI is InChI=1S/C21H26F3N5/c1-12(14-6-7-14)25-11-16-10-19(26-13(2)15-8-9-15)29-20(27-16)17-4-3-5-18(28-17)21(22,23)24/h3-5,10,12-15,25H,6-9,11H2,1-2H3,(H,26,27,29). The zero-order chi connectivity index (χ0) is 20.6. The van der Waals surface area contributed by atoms with Gasteiger partial charge in [0.25, 0.3) is 0 Å². The molecule has 4 rings (SSSR count). The lowest BCUT2D eigenvalue weighted by molar-refractivity contribution is -0.141. The predicted octanol–water partition coefficient (Wildman–Crippen LogP) is 4.66. The molecule has 2 atom stereocenters. The van der Waals surface area contributed by atoms with Gasteiger partial charge in [-0.25, -0.2) is 15.0 Å². The van der Waals surface area contributed by atoms with Gasteiger partial charge in [-0.15, -0.1) is 0 Å². The Balaban J connectivity index is 1.61. The largest absolute Gasteiger partial charge is 0.433 e. The Morgan fingerprint density at radius 2 is 1.69 bits per heavy atom. The molecule has 0 saturated heterocycles. The van der Waals surface area contributed by atoms with Gasteiger partial charge in [0.15, 0.2) is 5.82 Å². The highest BCUT2D eigenvalue weighted by molar-refractivity contribution is 5.54. The molecule has 0 amide bonds. The lowest BCUT2D eigenvalue weighted by atomic mass is 10.2. The first-order chi connectivity index (χ1) is 13.8. The molecule has 2 heterocycles. The molecule has 0 bridgehead atoms. The van der Waals surface area contributed by atoms with Gasteiger partial charge in [-0.1, -0.05) is 6.07 Å². The molecule has 0 spiro atoms. The Labute approximate surface area is 168 Å². The van der Waals surface area contributed by atoms with E-state index in [2.05, 4.69) is 39.4 Å². The molecule has 2 aromatic rings. The molecule has 0 aliphatic heterocycles. The van der Waals surface area contributed by atoms with Crippen LogP contribution >= 0.6 is 0 Å². The summed E-state index contributed by atoms with van der Waals surface area (Å²) >= 11 is 0. The fourth-order valence-corrected chi connectivity index (χ4v) is 3.47. The molecular weight excluding hydrogens is 379 g/mol. The van der Waals surface area contributed by atoms with Crippen molar-refractivity contribution in [2.45, 2.75) is 64.3 Å². The van der Waals surface area contributed by atoms with Crippen molar-refractivity contribution in [1.82, 2.24) is 20.3 Å². The van der Waals surface area contributed by atoms with Crippen LogP contribution in [-0.2, 0) is 12.7 Å². The SMILES string of the molecule is CC(NCc1cc(NC(C)C2CC2)nc(-c2cccc(C(F)(F)F)n2)n1)C1CC1. The number of nitrogens with one attached hydrogen (secondary N) is 2. The number of halogens is 3. The fraction of sp³-hybridized carbons (Fsp3) is 0.571. The maximum absolute atomic E-state index is 13.1. The first kappa shape index (κ1) is 20.1. The van der Waals surface area contributed by atoms with Crippen molar-refractivity contribution >= 4 is 5.82 Å². The van der Waals surface area contributed by atoms with Crippen molar-refractivity contribution in [3.8, 4) is 11.5 Å². The summed E-state index contributed by atoms with van der Waals surface area (Å²) in [5.74, 6) is 2.16. The summed E-state index contributed by atoms with van der Waals surface area (Å²) in [4.78, 5) is 12.7. The Morgan fingerprint density at radius 3 is 2.34 bits per heavy atom. The first-order valence-corrected chi connectivity index (χ1v) is 10.2. The Morgan fingerprint density at radius 1 is 1.00 bits per heavy atom. The maximum Gasteiger partial charge on any atom is 0.433 e. The van der Waals surface area contributed by atoms with Crippen LogP contribution in [0.3, 0.4) is 0 Å². The summed E-state index contributed by atoms with van der Waals surface area (Å²) in [6.07, 6.45) is 0.353. The van der Waals surface area contributed by atoms with Gasteiger partial charge in [0.2, 0.25) is 0 Å². The lowest BCUT2D eigenvalue weighted by Gasteiger charge is -2.17. The maximum atomic E-state index is 13.1. The number of hydrogen-bond acceptors (Lipinski definition) is 5. The predicted molar refractivity (Wildman–Crippen MR) is 105 cm³/mol. The average molecular weight is 405 g/mol. The first-order valence-electron chi connectivity index (χ1n) is 10.2. The summed E-state index contributed by atoms with van der Waals surface area (Å²) in [6, 6.07) is 6.35. The second-order valence-corrected chi connectivity index (χ2v) is 8.25. The number of rotatable bonds is 8. The van der Waals surface area contributed by atoms with Crippen molar-refractivity contribution < 1.29 is 13.2 Å². The summed E-state index contributed by atoms with van der Waals surface area (Å²) in [5.41, 5.74) is -0.0726. The van der Waals surface area contributed by atoms with E-state index in [1.165, 1.54) is 37.8 Å². The van der Waals surface area contributed by atoms with Crippen LogP contribution in [0.2, 0.25) is 0 Å². The molecule has 5 nitrogen and oxygen atoms in total. The third-order valence-electron chi connectivity index (χ3n) is 5.69. The number of anilines is 1. The normalized spacial score (nSPS) is 19.1. The minimum atomic E-state index is -4.50. The van der Waals surface area contributed by atoms with Gasteiger partial charge in [-0.2, -0.15) is 13.2 Å². The molecule has 8 heteroatoms. The van der Waals surface area contributed by atoms with E-state index in [9.17, 15) is 13.2 Å². The minimum Gasteiger partial charge on any atom is -0.367 e. The van der Waals surface area contributed by atoms with Crippen LogP contribution in [0.1, 0.15) is 50.9 Å². The highest BCUT2D eigenvalue weighted by atomic mass is 19.4. The van der Waals surface area contributed by atoms with Crippen molar-refractivity contribution in [2.75, 3.05) is 5.32 Å². The molecule has 156 valence electrons. The van der Waals surface area contributed by atoms with E-state index in [4.69, 9.17) is 0 Å². The van der Waals surface area contributed by atoms with Crippen LogP contribution in [-0.4, -0.2) is 27.0 Å². The van der Waals surface area contributed by atoms with Gasteiger partial charge in [0, 0.05) is 24.7 Å². The lowest BCUT2D eigenvalue weighted by Crippen LogP contribution is -2.28. The molecular formula is C21H26F3N5. The number of hydrogen-bond donors (Lipinski definition) is 2. The Kier molecular flexibility index (Phi) is 5.46. The molecule has 0 aromatic carbocycles. The summed E-state index contributed by atoms with van der Waals surface area (Å²) in [7, 11) is 0. The molecule has 2 N–H and O–H groups in total. The summed E-state index contributed by atoms with van der Waals surface area (Å²) < 4.78 is 39.2. The molecule has 2 aromatic heterocycles. The van der Waals surface area contributed by atoms with Crippen molar-refractivity contribution in [2.24, 2.45) is 11.8 Å². The number of aromatic nitrogens is 3. The van der Waals surface area contributed by atoms with Crippen LogP contribution < -0.4 is 10.6 Å². The van der Waals surface area contributed by atoms with E-state index in [0.29, 0.717) is 30.2 Å². The fourth-order valence-electron chi connectivity index (χ4n) is 3.47. The second kappa shape index (κ2) is 7.89. The number of nitrogens with zero attached hydrogens (tertiary/aromatic N) is 3. The van der Waals surface area contributed by atoms with E-state index < -0.39 is 11.9 Å². The molecule has 2 unspecified atom stereocenters. The van der Waals surface area contributed by atoms with Crippen LogP contribution in [0, 0.1) is 11.8 Å². The quantitative estimate of drug-likeness (QED) is 0.669. The van der Waals surface area contributed by atoms with Crippen LogP contribution in [0.25, 0.3) is 11.5 Å². The van der Waals surface area contributed by atoms with E-state index >= 15 is 0 Å². The Hall–Kier alpha value is -2.22.